The van der Waals surface area contributed by atoms with Crippen LogP contribution in [0.1, 0.15) is 27.4 Å². The van der Waals surface area contributed by atoms with Gasteiger partial charge in [-0.1, -0.05) is 23.9 Å². The van der Waals surface area contributed by atoms with Crippen molar-refractivity contribution in [3.05, 3.63) is 68.3 Å². The number of hydrogen-bond acceptors (Lipinski definition) is 5. The van der Waals surface area contributed by atoms with Gasteiger partial charge < -0.3 is 4.98 Å². The molecule has 0 aliphatic rings. The zero-order valence-electron chi connectivity index (χ0n) is 15.7. The van der Waals surface area contributed by atoms with E-state index < -0.39 is 0 Å². The molecule has 1 aromatic carbocycles. The van der Waals surface area contributed by atoms with E-state index in [4.69, 9.17) is 0 Å². The van der Waals surface area contributed by atoms with Crippen molar-refractivity contribution in [2.45, 2.75) is 38.6 Å². The van der Waals surface area contributed by atoms with Crippen molar-refractivity contribution < 1.29 is 0 Å². The van der Waals surface area contributed by atoms with Gasteiger partial charge in [-0.25, -0.2) is 9.97 Å². The number of rotatable bonds is 4. The Morgan fingerprint density at radius 1 is 1.19 bits per heavy atom. The normalized spacial score (nSPS) is 11.4. The Kier molecular flexibility index (Phi) is 4.65. The maximum Gasteiger partial charge on any atom is 0.259 e. The number of aromatic nitrogens is 4. The molecule has 3 aromatic heterocycles. The van der Waals surface area contributed by atoms with E-state index in [1.807, 2.05) is 20.0 Å². The van der Waals surface area contributed by atoms with E-state index >= 15 is 0 Å². The molecular weight excluding hydrogens is 376 g/mol. The van der Waals surface area contributed by atoms with Crippen LogP contribution in [0.3, 0.4) is 0 Å². The number of hydrogen-bond donors (Lipinski definition) is 1. The van der Waals surface area contributed by atoms with E-state index in [-0.39, 0.29) is 5.56 Å². The summed E-state index contributed by atoms with van der Waals surface area (Å²) < 4.78 is 2.09. The Hall–Kier alpha value is -2.38. The molecule has 3 heterocycles. The van der Waals surface area contributed by atoms with Crippen molar-refractivity contribution in [3.8, 4) is 5.69 Å². The number of thiophene rings is 1. The summed E-state index contributed by atoms with van der Waals surface area (Å²) in [4.78, 5) is 26.5. The molecule has 27 heavy (non-hydrogen) atoms. The van der Waals surface area contributed by atoms with Gasteiger partial charge in [0, 0.05) is 17.3 Å². The monoisotopic (exact) mass is 396 g/mol. The van der Waals surface area contributed by atoms with Crippen molar-refractivity contribution in [2.24, 2.45) is 0 Å². The van der Waals surface area contributed by atoms with Gasteiger partial charge in [0.25, 0.3) is 5.56 Å². The molecule has 5 nitrogen and oxygen atoms in total. The van der Waals surface area contributed by atoms with Crippen molar-refractivity contribution in [1.29, 1.82) is 0 Å². The average molecular weight is 397 g/mol. The van der Waals surface area contributed by atoms with Gasteiger partial charge in [-0.3, -0.25) is 9.36 Å². The summed E-state index contributed by atoms with van der Waals surface area (Å²) in [7, 11) is 0. The first kappa shape index (κ1) is 18.0. The highest BCUT2D eigenvalue weighted by atomic mass is 32.2. The summed E-state index contributed by atoms with van der Waals surface area (Å²) in [6.07, 6.45) is 3.77. The first-order chi connectivity index (χ1) is 13.0. The van der Waals surface area contributed by atoms with Gasteiger partial charge in [-0.15, -0.1) is 11.3 Å². The molecule has 0 bridgehead atoms. The summed E-state index contributed by atoms with van der Waals surface area (Å²) >= 11 is 3.14. The van der Waals surface area contributed by atoms with Gasteiger partial charge in [0.2, 0.25) is 0 Å². The molecule has 0 aliphatic carbocycles. The molecule has 0 fully saturated rings. The minimum Gasteiger partial charge on any atom is -0.309 e. The van der Waals surface area contributed by atoms with Crippen LogP contribution in [0.2, 0.25) is 0 Å². The number of thioether (sulfide) groups is 1. The summed E-state index contributed by atoms with van der Waals surface area (Å²) in [5.41, 5.74) is 4.56. The first-order valence-corrected chi connectivity index (χ1v) is 10.5. The van der Waals surface area contributed by atoms with Crippen LogP contribution in [0.5, 0.6) is 0 Å². The maximum atomic E-state index is 12.4. The lowest BCUT2D eigenvalue weighted by Crippen LogP contribution is -2.11. The second kappa shape index (κ2) is 6.98. The van der Waals surface area contributed by atoms with Crippen LogP contribution in [0.15, 0.2) is 40.5 Å². The molecule has 0 saturated heterocycles. The zero-order chi connectivity index (χ0) is 19.1. The van der Waals surface area contributed by atoms with Crippen molar-refractivity contribution in [1.82, 2.24) is 19.5 Å². The fraction of sp³-hybridized carbons (Fsp3) is 0.250. The lowest BCUT2D eigenvalue weighted by Gasteiger charge is -2.12. The summed E-state index contributed by atoms with van der Waals surface area (Å²) in [6, 6.07) is 6.26. The number of fused-ring (bicyclic) bond motifs is 1. The minimum atomic E-state index is -0.0599. The molecule has 0 radical (unpaired) electrons. The highest BCUT2D eigenvalue weighted by Gasteiger charge is 2.14. The quantitative estimate of drug-likeness (QED) is 0.508. The molecule has 0 aliphatic heterocycles. The van der Waals surface area contributed by atoms with E-state index in [2.05, 4.69) is 51.6 Å². The highest BCUT2D eigenvalue weighted by molar-refractivity contribution is 7.98. The molecule has 4 rings (SSSR count). The molecule has 0 amide bonds. The zero-order valence-corrected chi connectivity index (χ0v) is 17.3. The number of nitrogens with one attached hydrogen (secondary N) is 1. The van der Waals surface area contributed by atoms with Crippen LogP contribution in [0.25, 0.3) is 15.9 Å². The summed E-state index contributed by atoms with van der Waals surface area (Å²) in [5.74, 6) is 1.23. The molecule has 138 valence electrons. The average Bonchev–Trinajstić information content (AvgIpc) is 3.20. The topological polar surface area (TPSA) is 63.6 Å². The fourth-order valence-corrected chi connectivity index (χ4v) is 4.96. The highest BCUT2D eigenvalue weighted by Crippen LogP contribution is 2.28. The predicted octanol–water partition coefficient (Wildman–Crippen LogP) is 4.70. The number of H-pyrrole nitrogens is 1. The second-order valence-corrected chi connectivity index (χ2v) is 8.71. The van der Waals surface area contributed by atoms with Crippen molar-refractivity contribution >= 4 is 33.3 Å². The largest absolute Gasteiger partial charge is 0.309 e. The first-order valence-electron chi connectivity index (χ1n) is 8.67. The van der Waals surface area contributed by atoms with E-state index in [9.17, 15) is 4.79 Å². The third kappa shape index (κ3) is 3.21. The molecule has 1 N–H and O–H groups in total. The maximum absolute atomic E-state index is 12.4. The Bertz CT molecular complexity index is 1200. The van der Waals surface area contributed by atoms with Crippen LogP contribution in [0.4, 0.5) is 0 Å². The molecule has 4 aromatic rings. The van der Waals surface area contributed by atoms with Gasteiger partial charge in [0.15, 0.2) is 5.16 Å². The predicted molar refractivity (Wildman–Crippen MR) is 112 cm³/mol. The number of nitrogens with zero attached hydrogens (tertiary/aromatic N) is 3. The molecule has 0 atom stereocenters. The van der Waals surface area contributed by atoms with Crippen LogP contribution in [-0.4, -0.2) is 19.5 Å². The van der Waals surface area contributed by atoms with Crippen LogP contribution in [-0.2, 0) is 5.75 Å². The van der Waals surface area contributed by atoms with Crippen molar-refractivity contribution in [2.75, 3.05) is 0 Å². The number of imidazole rings is 1. The molecule has 0 unspecified atom stereocenters. The minimum absolute atomic E-state index is 0.0599. The molecule has 0 saturated carbocycles. The van der Waals surface area contributed by atoms with Crippen LogP contribution >= 0.6 is 23.1 Å². The van der Waals surface area contributed by atoms with E-state index in [0.29, 0.717) is 17.0 Å². The van der Waals surface area contributed by atoms with Gasteiger partial charge in [0.05, 0.1) is 16.8 Å². The number of benzene rings is 1. The molecule has 7 heteroatoms. The third-order valence-electron chi connectivity index (χ3n) is 4.87. The van der Waals surface area contributed by atoms with Crippen LogP contribution in [0, 0.1) is 27.7 Å². The van der Waals surface area contributed by atoms with Gasteiger partial charge in [0.1, 0.15) is 10.7 Å². The lowest BCUT2D eigenvalue weighted by molar-refractivity contribution is 0.883. The lowest BCUT2D eigenvalue weighted by atomic mass is 10.1. The van der Waals surface area contributed by atoms with Crippen LogP contribution < -0.4 is 5.56 Å². The third-order valence-corrected chi connectivity index (χ3v) is 6.95. The van der Waals surface area contributed by atoms with E-state index in [1.165, 1.54) is 11.1 Å². The molecule has 0 spiro atoms. The van der Waals surface area contributed by atoms with Gasteiger partial charge in [-0.2, -0.15) is 0 Å². The SMILES string of the molecule is Cc1cccc(-n2ccnc2SCc2nc3sc(C)c(C)c3c(=O)[nH]2)c1C. The Balaban J connectivity index is 1.64. The van der Waals surface area contributed by atoms with E-state index in [0.717, 1.165) is 26.1 Å². The number of aryl methyl sites for hydroxylation is 3. The molecular formula is C20H20N4OS2. The second-order valence-electron chi connectivity index (χ2n) is 6.56. The fourth-order valence-electron chi connectivity index (χ4n) is 3.08. The Labute approximate surface area is 165 Å². The summed E-state index contributed by atoms with van der Waals surface area (Å²) in [6.45, 7) is 8.22. The number of aromatic amines is 1. The van der Waals surface area contributed by atoms with Crippen molar-refractivity contribution in [3.63, 3.8) is 0 Å². The Morgan fingerprint density at radius 2 is 2.00 bits per heavy atom. The summed E-state index contributed by atoms with van der Waals surface area (Å²) in [5, 5.41) is 1.59. The Morgan fingerprint density at radius 3 is 2.81 bits per heavy atom. The standard InChI is InChI=1S/C20H20N4OS2/c1-11-6-5-7-15(12(11)2)24-9-8-21-20(24)26-10-16-22-18(25)17-13(3)14(4)27-19(17)23-16/h5-9H,10H2,1-4H3,(H,22,23,25). The smallest absolute Gasteiger partial charge is 0.259 e. The van der Waals surface area contributed by atoms with E-state index in [1.54, 1.807) is 29.3 Å². The van der Waals surface area contributed by atoms with Gasteiger partial charge >= 0.3 is 0 Å². The van der Waals surface area contributed by atoms with Gasteiger partial charge in [-0.05, 0) is 50.5 Å².